The Morgan fingerprint density at radius 3 is 1.96 bits per heavy atom. The molecule has 0 spiro atoms. The number of benzene rings is 3. The van der Waals surface area contributed by atoms with E-state index in [-0.39, 0.29) is 11.6 Å². The van der Waals surface area contributed by atoms with Crippen LogP contribution in [0.2, 0.25) is 0 Å². The average Bonchev–Trinajstić information content (AvgIpc) is 2.73. The van der Waals surface area contributed by atoms with Gasteiger partial charge in [0.05, 0.1) is 14.2 Å². The van der Waals surface area contributed by atoms with Gasteiger partial charge in [-0.1, -0.05) is 0 Å². The summed E-state index contributed by atoms with van der Waals surface area (Å²) in [7, 11) is 3.19. The zero-order valence-electron chi connectivity index (χ0n) is 16.0. The predicted molar refractivity (Wildman–Crippen MR) is 105 cm³/mol. The highest BCUT2D eigenvalue weighted by molar-refractivity contribution is 6.08. The molecule has 3 rings (SSSR count). The normalized spacial score (nSPS) is 10.4. The fraction of sp³-hybridized carbons (Fsp3) is 0.174. The number of hydrogen-bond acceptors (Lipinski definition) is 4. The third-order valence-corrected chi connectivity index (χ3v) is 4.46. The van der Waals surface area contributed by atoms with Crippen molar-refractivity contribution >= 4 is 5.78 Å². The fourth-order valence-corrected chi connectivity index (χ4v) is 2.81. The molecule has 5 heteroatoms. The lowest BCUT2D eigenvalue weighted by molar-refractivity contribution is 0.103. The molecule has 28 heavy (non-hydrogen) atoms. The first-order valence-corrected chi connectivity index (χ1v) is 8.76. The Morgan fingerprint density at radius 1 is 0.857 bits per heavy atom. The number of hydrogen-bond donors (Lipinski definition) is 0. The largest absolute Gasteiger partial charge is 0.493 e. The lowest BCUT2D eigenvalue weighted by atomic mass is 10.0. The van der Waals surface area contributed by atoms with Gasteiger partial charge in [0, 0.05) is 11.1 Å². The quantitative estimate of drug-likeness (QED) is 0.544. The van der Waals surface area contributed by atoms with E-state index in [0.717, 1.165) is 11.1 Å². The molecule has 0 unspecified atom stereocenters. The van der Waals surface area contributed by atoms with Gasteiger partial charge in [0.25, 0.3) is 0 Å². The molecule has 0 amide bonds. The van der Waals surface area contributed by atoms with E-state index in [9.17, 15) is 9.18 Å². The summed E-state index contributed by atoms with van der Waals surface area (Å²) < 4.78 is 29.5. The van der Waals surface area contributed by atoms with E-state index in [1.807, 2.05) is 19.1 Å². The maximum absolute atomic E-state index is 13.0. The Labute approximate surface area is 163 Å². The second kappa shape index (κ2) is 8.57. The molecule has 0 aromatic heterocycles. The lowest BCUT2D eigenvalue weighted by Gasteiger charge is -2.13. The van der Waals surface area contributed by atoms with Crippen molar-refractivity contribution < 1.29 is 23.4 Å². The molecule has 0 N–H and O–H groups in total. The van der Waals surface area contributed by atoms with Crippen LogP contribution in [0.25, 0.3) is 0 Å². The molecule has 0 atom stereocenters. The van der Waals surface area contributed by atoms with Gasteiger partial charge in [0.2, 0.25) is 0 Å². The Morgan fingerprint density at radius 2 is 1.39 bits per heavy atom. The molecule has 3 aromatic carbocycles. The molecule has 0 saturated heterocycles. The van der Waals surface area contributed by atoms with Gasteiger partial charge >= 0.3 is 0 Å². The summed E-state index contributed by atoms with van der Waals surface area (Å²) >= 11 is 0. The molecule has 3 aromatic rings. The summed E-state index contributed by atoms with van der Waals surface area (Å²) in [5.74, 6) is 1.43. The molecule has 0 heterocycles. The number of halogens is 1. The molecular weight excluding hydrogens is 359 g/mol. The molecule has 0 bridgehead atoms. The van der Waals surface area contributed by atoms with Crippen LogP contribution in [0.1, 0.15) is 27.0 Å². The monoisotopic (exact) mass is 380 g/mol. The molecule has 0 saturated carbocycles. The standard InChI is InChI=1S/C23H21FO4/c1-15-12-21(26-2)22(27-3)13-18(15)14-28-20-10-6-17(7-11-20)23(25)16-4-8-19(24)9-5-16/h4-13H,14H2,1-3H3. The first-order chi connectivity index (χ1) is 13.5. The van der Waals surface area contributed by atoms with Crippen molar-refractivity contribution in [3.8, 4) is 17.2 Å². The van der Waals surface area contributed by atoms with E-state index in [4.69, 9.17) is 14.2 Å². The topological polar surface area (TPSA) is 44.8 Å². The van der Waals surface area contributed by atoms with E-state index < -0.39 is 0 Å². The van der Waals surface area contributed by atoms with E-state index in [0.29, 0.717) is 35.0 Å². The van der Waals surface area contributed by atoms with Gasteiger partial charge in [-0.05, 0) is 78.7 Å². The van der Waals surface area contributed by atoms with Gasteiger partial charge in [0.1, 0.15) is 18.2 Å². The summed E-state index contributed by atoms with van der Waals surface area (Å²) in [6, 6.07) is 16.2. The predicted octanol–water partition coefficient (Wildman–Crippen LogP) is 4.96. The summed E-state index contributed by atoms with van der Waals surface area (Å²) in [4.78, 5) is 12.4. The minimum Gasteiger partial charge on any atom is -0.493 e. The minimum absolute atomic E-state index is 0.165. The zero-order valence-corrected chi connectivity index (χ0v) is 16.0. The van der Waals surface area contributed by atoms with Crippen LogP contribution in [0.5, 0.6) is 17.2 Å². The van der Waals surface area contributed by atoms with Gasteiger partial charge in [-0.15, -0.1) is 0 Å². The van der Waals surface area contributed by atoms with Crippen LogP contribution >= 0.6 is 0 Å². The minimum atomic E-state index is -0.370. The smallest absolute Gasteiger partial charge is 0.193 e. The third kappa shape index (κ3) is 4.31. The number of methoxy groups -OCH3 is 2. The highest BCUT2D eigenvalue weighted by atomic mass is 19.1. The number of rotatable bonds is 7. The molecule has 144 valence electrons. The van der Waals surface area contributed by atoms with Crippen molar-refractivity contribution in [2.75, 3.05) is 14.2 Å². The van der Waals surface area contributed by atoms with Crippen molar-refractivity contribution in [3.05, 3.63) is 88.7 Å². The summed E-state index contributed by atoms with van der Waals surface area (Å²) in [6.07, 6.45) is 0. The highest BCUT2D eigenvalue weighted by Crippen LogP contribution is 2.30. The molecule has 0 aliphatic heterocycles. The van der Waals surface area contributed by atoms with Crippen molar-refractivity contribution in [1.29, 1.82) is 0 Å². The average molecular weight is 380 g/mol. The summed E-state index contributed by atoms with van der Waals surface area (Å²) in [5, 5.41) is 0. The van der Waals surface area contributed by atoms with E-state index in [1.54, 1.807) is 38.5 Å². The van der Waals surface area contributed by atoms with E-state index in [2.05, 4.69) is 0 Å². The number of ether oxygens (including phenoxy) is 3. The third-order valence-electron chi connectivity index (χ3n) is 4.46. The van der Waals surface area contributed by atoms with Crippen LogP contribution in [0.4, 0.5) is 4.39 Å². The number of ketones is 1. The van der Waals surface area contributed by atoms with Crippen LogP contribution in [0.15, 0.2) is 60.7 Å². The van der Waals surface area contributed by atoms with Crippen LogP contribution in [-0.4, -0.2) is 20.0 Å². The van der Waals surface area contributed by atoms with Gasteiger partial charge in [0.15, 0.2) is 17.3 Å². The zero-order chi connectivity index (χ0) is 20.1. The first kappa shape index (κ1) is 19.4. The highest BCUT2D eigenvalue weighted by Gasteiger charge is 2.11. The Bertz CT molecular complexity index is 963. The summed E-state index contributed by atoms with van der Waals surface area (Å²) in [5.41, 5.74) is 2.96. The van der Waals surface area contributed by atoms with Crippen molar-refractivity contribution in [2.24, 2.45) is 0 Å². The van der Waals surface area contributed by atoms with Crippen molar-refractivity contribution in [1.82, 2.24) is 0 Å². The van der Waals surface area contributed by atoms with Crippen LogP contribution in [0, 0.1) is 12.7 Å². The molecule has 0 radical (unpaired) electrons. The molecule has 0 aliphatic carbocycles. The number of carbonyl (C=O) groups excluding carboxylic acids is 1. The molecule has 4 nitrogen and oxygen atoms in total. The van der Waals surface area contributed by atoms with Crippen LogP contribution in [0.3, 0.4) is 0 Å². The first-order valence-electron chi connectivity index (χ1n) is 8.76. The fourth-order valence-electron chi connectivity index (χ4n) is 2.81. The number of aryl methyl sites for hydroxylation is 1. The Kier molecular flexibility index (Phi) is 5.94. The lowest BCUT2D eigenvalue weighted by Crippen LogP contribution is -2.02. The molecule has 0 aliphatic rings. The van der Waals surface area contributed by atoms with Gasteiger partial charge < -0.3 is 14.2 Å². The maximum Gasteiger partial charge on any atom is 0.193 e. The maximum atomic E-state index is 13.0. The molecule has 0 fully saturated rings. The van der Waals surface area contributed by atoms with E-state index >= 15 is 0 Å². The molecular formula is C23H21FO4. The van der Waals surface area contributed by atoms with Crippen LogP contribution in [-0.2, 0) is 6.61 Å². The van der Waals surface area contributed by atoms with E-state index in [1.165, 1.54) is 24.3 Å². The van der Waals surface area contributed by atoms with Gasteiger partial charge in [-0.25, -0.2) is 4.39 Å². The van der Waals surface area contributed by atoms with Gasteiger partial charge in [-0.3, -0.25) is 4.79 Å². The van der Waals surface area contributed by atoms with Crippen molar-refractivity contribution in [2.45, 2.75) is 13.5 Å². The SMILES string of the molecule is COc1cc(C)c(COc2ccc(C(=O)c3ccc(F)cc3)cc2)cc1OC. The van der Waals surface area contributed by atoms with Gasteiger partial charge in [-0.2, -0.15) is 0 Å². The second-order valence-electron chi connectivity index (χ2n) is 6.28. The summed E-state index contributed by atoms with van der Waals surface area (Å²) in [6.45, 7) is 2.34. The second-order valence-corrected chi connectivity index (χ2v) is 6.28. The van der Waals surface area contributed by atoms with Crippen molar-refractivity contribution in [3.63, 3.8) is 0 Å². The number of carbonyl (C=O) groups is 1. The Balaban J connectivity index is 1.69. The van der Waals surface area contributed by atoms with Crippen LogP contribution < -0.4 is 14.2 Å². The Hall–Kier alpha value is -3.34.